The molecule has 0 bridgehead atoms. The van der Waals surface area contributed by atoms with Crippen LogP contribution in [0, 0.1) is 0 Å². The number of hydrogen-bond acceptors (Lipinski definition) is 2. The summed E-state index contributed by atoms with van der Waals surface area (Å²) in [6.45, 7) is 0. The summed E-state index contributed by atoms with van der Waals surface area (Å²) in [7, 11) is 0. The lowest BCUT2D eigenvalue weighted by atomic mass is 10.1. The maximum atomic E-state index is 13.4. The lowest BCUT2D eigenvalue weighted by molar-refractivity contribution is -0.137. The van der Waals surface area contributed by atoms with Crippen LogP contribution in [-0.4, -0.2) is 15.6 Å². The fraction of sp³-hybridized carbons (Fsp3) is 0.0455. The number of hydrogen-bond donors (Lipinski definition) is 2. The Hall–Kier alpha value is -3.45. The van der Waals surface area contributed by atoms with Crippen molar-refractivity contribution < 1.29 is 23.1 Å². The number of carboxylic acid groups (broad SMARTS) is 1. The van der Waals surface area contributed by atoms with Gasteiger partial charge in [0.15, 0.2) is 0 Å². The van der Waals surface area contributed by atoms with Crippen molar-refractivity contribution in [2.45, 2.75) is 6.18 Å². The first-order valence-corrected chi connectivity index (χ1v) is 9.19. The molecule has 4 rings (SSSR count). The SMILES string of the molecule is O=C(O)c1cc(Cl)ccc1Nc1ccc2c(ccn2-c2ccccc2C(F)(F)F)c1. The van der Waals surface area contributed by atoms with Crippen LogP contribution in [0.4, 0.5) is 24.5 Å². The van der Waals surface area contributed by atoms with Crippen LogP contribution in [0.15, 0.2) is 72.9 Å². The molecule has 0 saturated carbocycles. The van der Waals surface area contributed by atoms with Gasteiger partial charge in [0.2, 0.25) is 0 Å². The van der Waals surface area contributed by atoms with Gasteiger partial charge in [0, 0.05) is 22.3 Å². The van der Waals surface area contributed by atoms with Crippen molar-refractivity contribution in [1.82, 2.24) is 4.57 Å². The minimum Gasteiger partial charge on any atom is -0.478 e. The van der Waals surface area contributed by atoms with E-state index in [0.717, 1.165) is 6.07 Å². The second kappa shape index (κ2) is 7.42. The van der Waals surface area contributed by atoms with Crippen LogP contribution in [0.5, 0.6) is 0 Å². The third kappa shape index (κ3) is 3.71. The molecular weight excluding hydrogens is 417 g/mol. The fourth-order valence-electron chi connectivity index (χ4n) is 3.31. The van der Waals surface area contributed by atoms with Crippen molar-refractivity contribution in [3.8, 4) is 5.69 Å². The first-order chi connectivity index (χ1) is 14.2. The van der Waals surface area contributed by atoms with Crippen LogP contribution in [0.25, 0.3) is 16.6 Å². The molecule has 0 spiro atoms. The number of fused-ring (bicyclic) bond motifs is 1. The third-order valence-electron chi connectivity index (χ3n) is 4.65. The monoisotopic (exact) mass is 430 g/mol. The van der Waals surface area contributed by atoms with Crippen LogP contribution in [0.2, 0.25) is 5.02 Å². The molecule has 4 nitrogen and oxygen atoms in total. The molecule has 4 aromatic rings. The number of carbonyl (C=O) groups is 1. The number of aromatic nitrogens is 1. The number of anilines is 2. The summed E-state index contributed by atoms with van der Waals surface area (Å²) >= 11 is 5.87. The summed E-state index contributed by atoms with van der Waals surface area (Å²) in [6, 6.07) is 16.6. The zero-order valence-corrected chi connectivity index (χ0v) is 16.0. The Labute approximate surface area is 174 Å². The molecule has 0 aliphatic heterocycles. The van der Waals surface area contributed by atoms with E-state index in [9.17, 15) is 23.1 Å². The second-order valence-electron chi connectivity index (χ2n) is 6.59. The summed E-state index contributed by atoms with van der Waals surface area (Å²) in [6.07, 6.45) is -2.90. The van der Waals surface area contributed by atoms with E-state index in [1.165, 1.54) is 22.8 Å². The minimum atomic E-state index is -4.48. The number of benzene rings is 3. The Morgan fingerprint density at radius 2 is 1.77 bits per heavy atom. The number of nitrogens with zero attached hydrogens (tertiary/aromatic N) is 1. The highest BCUT2D eigenvalue weighted by Gasteiger charge is 2.33. The summed E-state index contributed by atoms with van der Waals surface area (Å²) in [5.41, 5.74) is 0.858. The second-order valence-corrected chi connectivity index (χ2v) is 7.03. The summed E-state index contributed by atoms with van der Waals surface area (Å²) in [5.74, 6) is -1.13. The molecule has 1 aromatic heterocycles. The summed E-state index contributed by atoms with van der Waals surface area (Å²) in [4.78, 5) is 11.5. The molecule has 2 N–H and O–H groups in total. The van der Waals surface area contributed by atoms with Crippen molar-refractivity contribution in [3.05, 3.63) is 89.1 Å². The van der Waals surface area contributed by atoms with Crippen molar-refractivity contribution in [1.29, 1.82) is 0 Å². The van der Waals surface area contributed by atoms with Gasteiger partial charge in [-0.05, 0) is 54.6 Å². The Balaban J connectivity index is 1.74. The average Bonchev–Trinajstić information content (AvgIpc) is 3.11. The first-order valence-electron chi connectivity index (χ1n) is 8.81. The highest BCUT2D eigenvalue weighted by atomic mass is 35.5. The average molecular weight is 431 g/mol. The predicted octanol–water partition coefficient (Wildman–Crippen LogP) is 6.74. The van der Waals surface area contributed by atoms with Gasteiger partial charge in [-0.1, -0.05) is 23.7 Å². The van der Waals surface area contributed by atoms with Crippen molar-refractivity contribution in [3.63, 3.8) is 0 Å². The van der Waals surface area contributed by atoms with Gasteiger partial charge in [-0.15, -0.1) is 0 Å². The van der Waals surface area contributed by atoms with Gasteiger partial charge in [-0.25, -0.2) is 4.79 Å². The molecule has 0 amide bonds. The number of para-hydroxylation sites is 1. The molecule has 0 unspecified atom stereocenters. The molecule has 0 aliphatic carbocycles. The number of aromatic carboxylic acids is 1. The summed E-state index contributed by atoms with van der Waals surface area (Å²) < 4.78 is 41.7. The fourth-order valence-corrected chi connectivity index (χ4v) is 3.48. The van der Waals surface area contributed by atoms with Gasteiger partial charge in [-0.3, -0.25) is 0 Å². The quantitative estimate of drug-likeness (QED) is 0.376. The molecule has 0 radical (unpaired) electrons. The van der Waals surface area contributed by atoms with Crippen LogP contribution in [-0.2, 0) is 6.18 Å². The molecule has 3 aromatic carbocycles. The molecule has 0 aliphatic rings. The largest absolute Gasteiger partial charge is 0.478 e. The van der Waals surface area contributed by atoms with Gasteiger partial charge in [-0.2, -0.15) is 13.2 Å². The normalized spacial score (nSPS) is 11.6. The van der Waals surface area contributed by atoms with E-state index in [0.29, 0.717) is 27.3 Å². The van der Waals surface area contributed by atoms with Gasteiger partial charge in [0.05, 0.1) is 28.0 Å². The Kier molecular flexibility index (Phi) is 4.91. The topological polar surface area (TPSA) is 54.3 Å². The van der Waals surface area contributed by atoms with Gasteiger partial charge >= 0.3 is 12.1 Å². The number of rotatable bonds is 4. The highest BCUT2D eigenvalue weighted by molar-refractivity contribution is 6.31. The molecule has 0 saturated heterocycles. The number of carboxylic acids is 1. The zero-order valence-electron chi connectivity index (χ0n) is 15.2. The molecule has 0 atom stereocenters. The van der Waals surface area contributed by atoms with Crippen molar-refractivity contribution >= 4 is 39.8 Å². The number of nitrogens with one attached hydrogen (secondary N) is 1. The van der Waals surface area contributed by atoms with Gasteiger partial charge < -0.3 is 15.0 Å². The lowest BCUT2D eigenvalue weighted by Crippen LogP contribution is -2.10. The number of halogens is 4. The van der Waals surface area contributed by atoms with Gasteiger partial charge in [0.25, 0.3) is 0 Å². The number of alkyl halides is 3. The first kappa shape index (κ1) is 19.8. The lowest BCUT2D eigenvalue weighted by Gasteiger charge is -2.15. The Morgan fingerprint density at radius 3 is 2.50 bits per heavy atom. The van der Waals surface area contributed by atoms with Crippen LogP contribution < -0.4 is 5.32 Å². The summed E-state index contributed by atoms with van der Waals surface area (Å²) in [5, 5.41) is 13.4. The highest BCUT2D eigenvalue weighted by Crippen LogP contribution is 2.35. The van der Waals surface area contributed by atoms with Crippen molar-refractivity contribution in [2.24, 2.45) is 0 Å². The maximum Gasteiger partial charge on any atom is 0.418 e. The third-order valence-corrected chi connectivity index (χ3v) is 4.89. The predicted molar refractivity (Wildman–Crippen MR) is 110 cm³/mol. The molecular formula is C22H14ClF3N2O2. The molecule has 8 heteroatoms. The standard InChI is InChI=1S/C22H14ClF3N2O2/c23-14-5-7-18(16(12-14)21(29)30)27-15-6-8-19-13(11-15)9-10-28(19)20-4-2-1-3-17(20)22(24,25)26/h1-12,27H,(H,29,30). The Morgan fingerprint density at radius 1 is 1.00 bits per heavy atom. The van der Waals surface area contributed by atoms with E-state index in [-0.39, 0.29) is 11.3 Å². The van der Waals surface area contributed by atoms with E-state index < -0.39 is 17.7 Å². The molecule has 0 fully saturated rings. The smallest absolute Gasteiger partial charge is 0.418 e. The van der Waals surface area contributed by atoms with Crippen molar-refractivity contribution in [2.75, 3.05) is 5.32 Å². The molecule has 1 heterocycles. The van der Waals surface area contributed by atoms with E-state index >= 15 is 0 Å². The molecule has 152 valence electrons. The maximum absolute atomic E-state index is 13.4. The van der Waals surface area contributed by atoms with Gasteiger partial charge in [0.1, 0.15) is 0 Å². The van der Waals surface area contributed by atoms with Crippen LogP contribution >= 0.6 is 11.6 Å². The zero-order chi connectivity index (χ0) is 21.5. The van der Waals surface area contributed by atoms with Crippen LogP contribution in [0.3, 0.4) is 0 Å². The van der Waals surface area contributed by atoms with Crippen LogP contribution in [0.1, 0.15) is 15.9 Å². The molecule has 30 heavy (non-hydrogen) atoms. The van der Waals surface area contributed by atoms with E-state index in [4.69, 9.17) is 11.6 Å². The van der Waals surface area contributed by atoms with E-state index in [2.05, 4.69) is 5.32 Å². The van der Waals surface area contributed by atoms with E-state index in [1.807, 2.05) is 0 Å². The Bertz CT molecular complexity index is 1260. The van der Waals surface area contributed by atoms with E-state index in [1.54, 1.807) is 48.7 Å². The minimum absolute atomic E-state index is 0.0132.